The lowest BCUT2D eigenvalue weighted by atomic mass is 9.66. The molecule has 0 radical (unpaired) electrons. The van der Waals surface area contributed by atoms with Gasteiger partial charge in [-0.2, -0.15) is 0 Å². The summed E-state index contributed by atoms with van der Waals surface area (Å²) in [5.41, 5.74) is -1.37. The SMILES string of the molecule is COC(=O)NC(C)(C)CCOC(C)(C)C(C)(C)CC(C)(C)C(C)=O. The van der Waals surface area contributed by atoms with Crippen LogP contribution >= 0.6 is 0 Å². The molecule has 0 aromatic rings. The van der Waals surface area contributed by atoms with E-state index in [4.69, 9.17) is 4.74 Å². The van der Waals surface area contributed by atoms with Crippen molar-refractivity contribution >= 4 is 11.9 Å². The van der Waals surface area contributed by atoms with Gasteiger partial charge in [0, 0.05) is 17.6 Å². The molecule has 0 aliphatic carbocycles. The highest BCUT2D eigenvalue weighted by molar-refractivity contribution is 5.81. The Kier molecular flexibility index (Phi) is 7.49. The lowest BCUT2D eigenvalue weighted by Crippen LogP contribution is -2.48. The molecule has 0 spiro atoms. The maximum absolute atomic E-state index is 11.9. The van der Waals surface area contributed by atoms with Crippen LogP contribution in [0.25, 0.3) is 0 Å². The van der Waals surface area contributed by atoms with Crippen LogP contribution in [0.2, 0.25) is 0 Å². The standard InChI is InChI=1S/C19H37NO4/c1-14(21)16(2,3)13-17(4,5)19(8,9)24-12-11-18(6,7)20-15(22)23-10/h11-13H2,1-10H3,(H,20,22). The number of carbonyl (C=O) groups is 2. The van der Waals surface area contributed by atoms with Gasteiger partial charge in [-0.15, -0.1) is 0 Å². The molecule has 0 aromatic heterocycles. The minimum atomic E-state index is -0.442. The first-order valence-electron chi connectivity index (χ1n) is 8.57. The fraction of sp³-hybridized carbons (Fsp3) is 0.895. The van der Waals surface area contributed by atoms with Crippen LogP contribution in [0.1, 0.15) is 75.2 Å². The van der Waals surface area contributed by atoms with Crippen molar-refractivity contribution in [1.82, 2.24) is 5.32 Å². The molecule has 0 atom stereocenters. The summed E-state index contributed by atoms with van der Waals surface area (Å²) in [7, 11) is 1.35. The van der Waals surface area contributed by atoms with Gasteiger partial charge < -0.3 is 14.8 Å². The number of Topliss-reactive ketones (excluding diaryl/α,β-unsaturated/α-hetero) is 1. The predicted molar refractivity (Wildman–Crippen MR) is 97.1 cm³/mol. The average molecular weight is 344 g/mol. The number of carbonyl (C=O) groups excluding carboxylic acids is 2. The van der Waals surface area contributed by atoms with Gasteiger partial charge in [0.15, 0.2) is 0 Å². The third-order valence-corrected chi connectivity index (χ3v) is 5.28. The predicted octanol–water partition coefficient (Wildman–Crippen LogP) is 4.34. The first kappa shape index (κ1) is 22.9. The van der Waals surface area contributed by atoms with Gasteiger partial charge in [-0.25, -0.2) is 4.79 Å². The van der Waals surface area contributed by atoms with Crippen molar-refractivity contribution in [2.45, 2.75) is 86.3 Å². The lowest BCUT2D eigenvalue weighted by molar-refractivity contribution is -0.135. The average Bonchev–Trinajstić information content (AvgIpc) is 2.35. The summed E-state index contributed by atoms with van der Waals surface area (Å²) in [5, 5.41) is 2.80. The number of rotatable bonds is 9. The van der Waals surface area contributed by atoms with Gasteiger partial charge in [0.2, 0.25) is 0 Å². The highest BCUT2D eigenvalue weighted by Crippen LogP contribution is 2.43. The van der Waals surface area contributed by atoms with Gasteiger partial charge in [-0.05, 0) is 52.9 Å². The Morgan fingerprint density at radius 2 is 1.46 bits per heavy atom. The van der Waals surface area contributed by atoms with E-state index in [9.17, 15) is 9.59 Å². The van der Waals surface area contributed by atoms with E-state index in [1.54, 1.807) is 6.92 Å². The Bertz CT molecular complexity index is 450. The molecule has 0 aliphatic rings. The number of alkyl carbamates (subject to hydrolysis) is 1. The van der Waals surface area contributed by atoms with Gasteiger partial charge in [0.25, 0.3) is 0 Å². The van der Waals surface area contributed by atoms with Gasteiger partial charge in [-0.1, -0.05) is 27.7 Å². The van der Waals surface area contributed by atoms with Crippen LogP contribution in [0.4, 0.5) is 4.79 Å². The molecule has 0 saturated heterocycles. The zero-order valence-electron chi connectivity index (χ0n) is 17.3. The fourth-order valence-electron chi connectivity index (χ4n) is 2.59. The Hall–Kier alpha value is -1.10. The molecule has 0 saturated carbocycles. The summed E-state index contributed by atoms with van der Waals surface area (Å²) >= 11 is 0. The van der Waals surface area contributed by atoms with Crippen molar-refractivity contribution in [1.29, 1.82) is 0 Å². The van der Waals surface area contributed by atoms with Crippen molar-refractivity contribution < 1.29 is 19.1 Å². The molecule has 142 valence electrons. The molecule has 5 heteroatoms. The van der Waals surface area contributed by atoms with E-state index in [0.717, 1.165) is 6.42 Å². The quantitative estimate of drug-likeness (QED) is 0.676. The van der Waals surface area contributed by atoms with Crippen LogP contribution in [0.15, 0.2) is 0 Å². The maximum atomic E-state index is 11.9. The van der Waals surface area contributed by atoms with Crippen molar-refractivity contribution in [3.8, 4) is 0 Å². The molecule has 0 rings (SSSR count). The monoisotopic (exact) mass is 343 g/mol. The van der Waals surface area contributed by atoms with E-state index < -0.39 is 17.2 Å². The van der Waals surface area contributed by atoms with E-state index >= 15 is 0 Å². The third-order valence-electron chi connectivity index (χ3n) is 5.28. The summed E-state index contributed by atoms with van der Waals surface area (Å²) in [4.78, 5) is 23.2. The molecule has 0 aromatic carbocycles. The van der Waals surface area contributed by atoms with E-state index in [1.165, 1.54) is 7.11 Å². The minimum absolute atomic E-state index is 0.178. The van der Waals surface area contributed by atoms with Gasteiger partial charge in [-0.3, -0.25) is 4.79 Å². The van der Waals surface area contributed by atoms with Gasteiger partial charge in [0.05, 0.1) is 12.7 Å². The van der Waals surface area contributed by atoms with Gasteiger partial charge in [0.1, 0.15) is 5.78 Å². The van der Waals surface area contributed by atoms with Crippen LogP contribution < -0.4 is 5.32 Å². The largest absolute Gasteiger partial charge is 0.453 e. The molecule has 0 unspecified atom stereocenters. The number of amides is 1. The van der Waals surface area contributed by atoms with Crippen molar-refractivity contribution in [2.24, 2.45) is 10.8 Å². The van der Waals surface area contributed by atoms with Crippen LogP contribution in [-0.2, 0) is 14.3 Å². The number of hydrogen-bond acceptors (Lipinski definition) is 4. The molecular weight excluding hydrogens is 306 g/mol. The summed E-state index contributed by atoms with van der Waals surface area (Å²) in [6.45, 7) is 18.4. The number of ketones is 1. The number of ether oxygens (including phenoxy) is 2. The lowest BCUT2D eigenvalue weighted by Gasteiger charge is -2.45. The molecule has 1 amide bonds. The highest BCUT2D eigenvalue weighted by atomic mass is 16.5. The summed E-state index contributed by atoms with van der Waals surface area (Å²) in [5.74, 6) is 0.190. The highest BCUT2D eigenvalue weighted by Gasteiger charge is 2.43. The molecule has 0 fully saturated rings. The maximum Gasteiger partial charge on any atom is 0.407 e. The summed E-state index contributed by atoms with van der Waals surface area (Å²) < 4.78 is 10.8. The molecular formula is C19H37NO4. The Morgan fingerprint density at radius 1 is 0.958 bits per heavy atom. The normalized spacial score (nSPS) is 13.6. The van der Waals surface area contributed by atoms with Crippen LogP contribution in [0.3, 0.4) is 0 Å². The Balaban J connectivity index is 4.78. The van der Waals surface area contributed by atoms with E-state index in [-0.39, 0.29) is 16.6 Å². The van der Waals surface area contributed by atoms with Gasteiger partial charge >= 0.3 is 6.09 Å². The second kappa shape index (κ2) is 7.85. The van der Waals surface area contributed by atoms with E-state index in [1.807, 2.05) is 27.7 Å². The molecule has 0 aliphatic heterocycles. The third kappa shape index (κ3) is 6.80. The smallest absolute Gasteiger partial charge is 0.407 e. The van der Waals surface area contributed by atoms with Crippen LogP contribution in [0.5, 0.6) is 0 Å². The Morgan fingerprint density at radius 3 is 1.88 bits per heavy atom. The summed E-state index contributed by atoms with van der Waals surface area (Å²) in [6, 6.07) is 0. The first-order valence-corrected chi connectivity index (χ1v) is 8.57. The van der Waals surface area contributed by atoms with E-state index in [0.29, 0.717) is 13.0 Å². The second-order valence-corrected chi connectivity index (χ2v) is 9.11. The van der Waals surface area contributed by atoms with E-state index in [2.05, 4.69) is 37.7 Å². The Labute approximate surface area is 147 Å². The second-order valence-electron chi connectivity index (χ2n) is 9.11. The molecule has 24 heavy (non-hydrogen) atoms. The van der Waals surface area contributed by atoms with Crippen LogP contribution in [-0.4, -0.2) is 36.7 Å². The number of hydrogen-bond donors (Lipinski definition) is 1. The number of nitrogens with one attached hydrogen (secondary N) is 1. The topological polar surface area (TPSA) is 64.6 Å². The first-order chi connectivity index (χ1) is 10.6. The summed E-state index contributed by atoms with van der Waals surface area (Å²) in [6.07, 6.45) is 0.965. The number of methoxy groups -OCH3 is 1. The zero-order chi connectivity index (χ0) is 19.4. The molecule has 5 nitrogen and oxygen atoms in total. The van der Waals surface area contributed by atoms with Crippen molar-refractivity contribution in [3.63, 3.8) is 0 Å². The fourth-order valence-corrected chi connectivity index (χ4v) is 2.59. The molecule has 1 N–H and O–H groups in total. The molecule has 0 heterocycles. The minimum Gasteiger partial charge on any atom is -0.453 e. The van der Waals surface area contributed by atoms with Crippen LogP contribution in [0, 0.1) is 10.8 Å². The zero-order valence-corrected chi connectivity index (χ0v) is 17.3. The van der Waals surface area contributed by atoms with Crippen molar-refractivity contribution in [3.05, 3.63) is 0 Å². The molecule has 0 bridgehead atoms. The van der Waals surface area contributed by atoms with Crippen molar-refractivity contribution in [2.75, 3.05) is 13.7 Å².